The van der Waals surface area contributed by atoms with E-state index in [4.69, 9.17) is 5.11 Å². The van der Waals surface area contributed by atoms with Gasteiger partial charge in [-0.1, -0.05) is 42.5 Å². The lowest BCUT2D eigenvalue weighted by molar-refractivity contribution is -0.141. The second-order valence-electron chi connectivity index (χ2n) is 26.8. The number of unbranched alkanes of at least 4 members (excludes halogenated alkanes) is 1. The van der Waals surface area contributed by atoms with Crippen molar-refractivity contribution in [1.29, 1.82) is 0 Å². The zero-order chi connectivity index (χ0) is 75.1. The van der Waals surface area contributed by atoms with Crippen molar-refractivity contribution in [3.8, 4) is 0 Å². The highest BCUT2D eigenvalue weighted by Crippen LogP contribution is 2.32. The molecule has 0 bridgehead atoms. The van der Waals surface area contributed by atoms with Gasteiger partial charge in [0.05, 0.1) is 63.2 Å². The molecule has 4 heterocycles. The van der Waals surface area contributed by atoms with Crippen molar-refractivity contribution >= 4 is 87.7 Å². The number of imidazole rings is 3. The van der Waals surface area contributed by atoms with Crippen LogP contribution in [0, 0.1) is 23.7 Å². The minimum atomic E-state index is -1.60. The first-order valence-electron chi connectivity index (χ1n) is 35.0. The quantitative estimate of drug-likeness (QED) is 0.0245. The van der Waals surface area contributed by atoms with Crippen molar-refractivity contribution in [2.24, 2.45) is 23.7 Å². The van der Waals surface area contributed by atoms with Crippen LogP contribution in [0.2, 0.25) is 0 Å². The molecule has 0 radical (unpaired) electrons. The summed E-state index contributed by atoms with van der Waals surface area (Å²) in [6.07, 6.45) is 9.98. The molecular formula is C70H95N15O19. The smallest absolute Gasteiger partial charge is 0.326 e. The summed E-state index contributed by atoms with van der Waals surface area (Å²) in [5, 5.41) is 71.9. The van der Waals surface area contributed by atoms with E-state index in [1.807, 2.05) is 47.4 Å². The van der Waals surface area contributed by atoms with Crippen molar-refractivity contribution in [3.63, 3.8) is 0 Å². The predicted molar refractivity (Wildman–Crippen MR) is 371 cm³/mol. The zero-order valence-corrected chi connectivity index (χ0v) is 58.0. The van der Waals surface area contributed by atoms with Crippen molar-refractivity contribution < 1.29 is 93.0 Å². The summed E-state index contributed by atoms with van der Waals surface area (Å²) in [5.74, 6) is -12.6. The van der Waals surface area contributed by atoms with Gasteiger partial charge in [-0.25, -0.2) is 29.3 Å². The fraction of sp³-hybridized carbons (Fsp3) is 0.543. The number of Topliss-reactive ketones (excluding diaryl/α,β-unsaturated/α-hetero) is 3. The number of amides is 5. The summed E-state index contributed by atoms with van der Waals surface area (Å²) >= 11 is 0. The van der Waals surface area contributed by atoms with Crippen LogP contribution in [0.4, 0.5) is 4.79 Å². The lowest BCUT2D eigenvalue weighted by Gasteiger charge is -2.33. The molecule has 2 aromatic carbocycles. The van der Waals surface area contributed by atoms with E-state index in [1.165, 1.54) is 37.6 Å². The Morgan fingerprint density at radius 1 is 0.471 bits per heavy atom. The van der Waals surface area contributed by atoms with Gasteiger partial charge in [0.1, 0.15) is 17.9 Å². The number of aromatic nitrogens is 6. The number of carbonyl (C=O) groups is 13. The number of aliphatic carboxylic acids is 6. The third-order valence-electron chi connectivity index (χ3n) is 18.8. The number of ketones is 3. The van der Waals surface area contributed by atoms with Crippen LogP contribution in [0.15, 0.2) is 80.0 Å². The largest absolute Gasteiger partial charge is 0.481 e. The molecule has 2 fully saturated rings. The molecule has 1 aliphatic heterocycles. The molecule has 7 rings (SSSR count). The number of H-pyrrole nitrogens is 3. The van der Waals surface area contributed by atoms with Crippen molar-refractivity contribution in [2.75, 3.05) is 85.1 Å². The number of fused-ring (bicyclic) bond motifs is 1. The van der Waals surface area contributed by atoms with Crippen LogP contribution in [-0.2, 0) is 83.2 Å². The van der Waals surface area contributed by atoms with Crippen LogP contribution in [0.5, 0.6) is 0 Å². The number of carboxylic acid groups (broad SMARTS) is 6. The van der Waals surface area contributed by atoms with Gasteiger partial charge in [-0.3, -0.25) is 67.5 Å². The number of urea groups is 1. The summed E-state index contributed by atoms with van der Waals surface area (Å²) in [6.45, 7) is 1.29. The molecule has 34 nitrogen and oxygen atoms in total. The first-order chi connectivity index (χ1) is 49.8. The van der Waals surface area contributed by atoms with Gasteiger partial charge in [-0.2, -0.15) is 0 Å². The summed E-state index contributed by atoms with van der Waals surface area (Å²) in [6, 6.07) is 6.57. The van der Waals surface area contributed by atoms with E-state index >= 15 is 0 Å². The summed E-state index contributed by atoms with van der Waals surface area (Å²) in [7, 11) is 0. The maximum absolute atomic E-state index is 14.9. The Morgan fingerprint density at radius 3 is 1.42 bits per heavy atom. The highest BCUT2D eigenvalue weighted by molar-refractivity contribution is 5.96. The van der Waals surface area contributed by atoms with Crippen LogP contribution >= 0.6 is 0 Å². The van der Waals surface area contributed by atoms with E-state index in [2.05, 4.69) is 56.5 Å². The average Bonchev–Trinajstić information content (AvgIpc) is 1.16. The molecule has 564 valence electrons. The molecule has 1 saturated heterocycles. The van der Waals surface area contributed by atoms with Gasteiger partial charge in [0.25, 0.3) is 0 Å². The number of nitrogens with zero attached hydrogens (tertiary/aromatic N) is 7. The maximum atomic E-state index is 14.9. The Kier molecular flexibility index (Phi) is 32.5. The van der Waals surface area contributed by atoms with Crippen LogP contribution in [0.3, 0.4) is 0 Å². The number of aromatic amines is 3. The number of hydrogen-bond donors (Lipinski definition) is 14. The van der Waals surface area contributed by atoms with E-state index in [0.717, 1.165) is 16.3 Å². The average molecular weight is 1450 g/mol. The fourth-order valence-electron chi connectivity index (χ4n) is 13.1. The molecule has 1 aliphatic carbocycles. The topological polar surface area (TPSA) is 502 Å². The van der Waals surface area contributed by atoms with E-state index < -0.39 is 126 Å². The second kappa shape index (κ2) is 41.7. The Labute approximate surface area is 599 Å². The minimum absolute atomic E-state index is 0.00620. The lowest BCUT2D eigenvalue weighted by Crippen LogP contribution is -2.51. The number of rotatable bonds is 42. The monoisotopic (exact) mass is 1450 g/mol. The molecule has 6 atom stereocenters. The Balaban J connectivity index is 0.986. The fourth-order valence-corrected chi connectivity index (χ4v) is 13.1. The van der Waals surface area contributed by atoms with Gasteiger partial charge in [-0.05, 0) is 86.5 Å². The van der Waals surface area contributed by atoms with Gasteiger partial charge >= 0.3 is 41.8 Å². The molecule has 5 aromatic rings. The SMILES string of the molecule is O=C(O)CCC(NC(=O)NC(CCCCNC(=O)C(CC(=O)C(Cc1cnc[nH]1)NC(=O)C(CC(=O)C(Cc1cnc[nH]1)NC(=O)C1CCC(CCC(=O)CN2CCN(CC(=O)O)CCN(CC(=O)O)CCN(CC(=O)O)CC2)CC1)Cc1cnc[nH]1)Cc1ccc2ccccc2c1)C(=O)O)C(=O)O. The third kappa shape index (κ3) is 28.5. The van der Waals surface area contributed by atoms with Crippen LogP contribution in [-0.4, -0.2) is 266 Å². The van der Waals surface area contributed by atoms with Crippen LogP contribution < -0.4 is 26.6 Å². The molecule has 6 unspecified atom stereocenters. The number of carboxylic acids is 6. The molecule has 5 amide bonds. The van der Waals surface area contributed by atoms with Crippen molar-refractivity contribution in [3.05, 3.63) is 103 Å². The van der Waals surface area contributed by atoms with Gasteiger partial charge < -0.3 is 72.2 Å². The van der Waals surface area contributed by atoms with Gasteiger partial charge in [-0.15, -0.1) is 0 Å². The normalized spacial score (nSPS) is 17.6. The number of carbonyl (C=O) groups excluding carboxylic acids is 7. The van der Waals surface area contributed by atoms with E-state index in [9.17, 15) is 87.9 Å². The highest BCUT2D eigenvalue weighted by atomic mass is 16.4. The van der Waals surface area contributed by atoms with Gasteiger partial charge in [0, 0.05) is 151 Å². The number of nitrogens with one attached hydrogen (secondary N) is 8. The lowest BCUT2D eigenvalue weighted by atomic mass is 9.79. The predicted octanol–water partition coefficient (Wildman–Crippen LogP) is 1.39. The summed E-state index contributed by atoms with van der Waals surface area (Å²) in [4.78, 5) is 198. The number of benzene rings is 2. The summed E-state index contributed by atoms with van der Waals surface area (Å²) < 4.78 is 0. The van der Waals surface area contributed by atoms with E-state index in [0.29, 0.717) is 62.3 Å². The Morgan fingerprint density at radius 2 is 0.942 bits per heavy atom. The molecule has 34 heteroatoms. The van der Waals surface area contributed by atoms with Gasteiger partial charge in [0.15, 0.2) is 11.6 Å². The van der Waals surface area contributed by atoms with E-state index in [-0.39, 0.29) is 147 Å². The first kappa shape index (κ1) is 81.0. The zero-order valence-electron chi connectivity index (χ0n) is 58.0. The van der Waals surface area contributed by atoms with E-state index in [1.54, 1.807) is 14.7 Å². The highest BCUT2D eigenvalue weighted by Gasteiger charge is 2.36. The molecule has 1 saturated carbocycles. The molecule has 3 aromatic heterocycles. The van der Waals surface area contributed by atoms with Crippen LogP contribution in [0.1, 0.15) is 106 Å². The van der Waals surface area contributed by atoms with Crippen molar-refractivity contribution in [2.45, 2.75) is 133 Å². The molecular weight excluding hydrogens is 1350 g/mol. The minimum Gasteiger partial charge on any atom is -0.481 e. The molecule has 104 heavy (non-hydrogen) atoms. The molecule has 0 spiro atoms. The summed E-state index contributed by atoms with van der Waals surface area (Å²) in [5.41, 5.74) is 2.20. The maximum Gasteiger partial charge on any atom is 0.326 e. The van der Waals surface area contributed by atoms with Gasteiger partial charge in [0.2, 0.25) is 17.7 Å². The molecule has 14 N–H and O–H groups in total. The third-order valence-corrected chi connectivity index (χ3v) is 18.8. The Bertz CT molecular complexity index is 3650. The first-order valence-corrected chi connectivity index (χ1v) is 35.0. The second-order valence-corrected chi connectivity index (χ2v) is 26.8. The molecule has 2 aliphatic rings. The standard InChI is InChI=1S/C70H95N15O19/c86-54(37-82-19-21-83(38-62(91)92)23-25-85(40-64(95)96)26-24-84(22-20-82)39-63(93)94)15-11-44-8-13-47(14-9-44)66(98)78-57(32-52-35-72-42-76-52)60(88)31-50(29-51-34-71-41-75-51)67(99)79-58(33-53-36-73-43-77-53)59(87)30-49(28-45-10-12-46-5-1-2-6-48(46)27-45)65(97)74-18-4-3-7-55(68(100)101)80-70(104)81-56(69(102)103)16-17-61(89)90/h1-2,5-6,10,12,27,34-36,41-44,47,49-50,55-58H,3-4,7-9,11,13-26,28-33,37-40H2,(H,71,75)(H,72,76)(H,73,77)(H,74,97)(H,78,98)(H,79,99)(H,89,90)(H,91,92)(H,93,94)(H,95,96)(H,100,101)(H,102,103)(H2,80,81,104). The number of hydrogen-bond acceptors (Lipinski definition) is 20. The van der Waals surface area contributed by atoms with Crippen molar-refractivity contribution in [1.82, 2.24) is 76.1 Å². The Hall–Kier alpha value is -10.3. The van der Waals surface area contributed by atoms with Crippen LogP contribution in [0.25, 0.3) is 10.8 Å².